The van der Waals surface area contributed by atoms with Crippen LogP contribution in [0, 0.1) is 0 Å². The van der Waals surface area contributed by atoms with Crippen LogP contribution in [-0.2, 0) is 24.2 Å². The third-order valence-corrected chi connectivity index (χ3v) is 5.02. The molecule has 4 heteroatoms. The molecule has 0 fully saturated rings. The van der Waals surface area contributed by atoms with Gasteiger partial charge in [0.05, 0.1) is 12.6 Å². The average molecular weight is 334 g/mol. The largest absolute Gasteiger partial charge is 0.495 e. The van der Waals surface area contributed by atoms with Gasteiger partial charge in [-0.2, -0.15) is 0 Å². The smallest absolute Gasteiger partial charge is 0.223 e. The second-order valence-corrected chi connectivity index (χ2v) is 6.52. The summed E-state index contributed by atoms with van der Waals surface area (Å²) in [4.78, 5) is 18.1. The number of aromatic amines is 1. The first-order valence-electron chi connectivity index (χ1n) is 8.74. The number of para-hydroxylation sites is 1. The van der Waals surface area contributed by atoms with E-state index in [1.807, 2.05) is 35.2 Å². The number of hydrogen-bond donors (Lipinski definition) is 1. The Morgan fingerprint density at radius 2 is 2.00 bits per heavy atom. The Labute approximate surface area is 147 Å². The van der Waals surface area contributed by atoms with Gasteiger partial charge in [-0.15, -0.1) is 0 Å². The van der Waals surface area contributed by atoms with E-state index in [-0.39, 0.29) is 5.91 Å². The molecule has 0 atom stereocenters. The second kappa shape index (κ2) is 6.63. The molecular formula is C21H22N2O2. The molecule has 1 amide bonds. The SMILES string of the molecule is COc1cccc2c3c([nH]c12)CCN(C(=O)CCc1ccccc1)C3. The fourth-order valence-corrected chi connectivity index (χ4v) is 3.65. The maximum Gasteiger partial charge on any atom is 0.223 e. The Morgan fingerprint density at radius 1 is 1.16 bits per heavy atom. The van der Waals surface area contributed by atoms with Crippen molar-refractivity contribution in [3.05, 3.63) is 65.4 Å². The lowest BCUT2D eigenvalue weighted by Crippen LogP contribution is -2.35. The average Bonchev–Trinajstić information content (AvgIpc) is 3.05. The van der Waals surface area contributed by atoms with Gasteiger partial charge in [-0.05, 0) is 18.1 Å². The monoisotopic (exact) mass is 334 g/mol. The van der Waals surface area contributed by atoms with Crippen molar-refractivity contribution in [1.82, 2.24) is 9.88 Å². The summed E-state index contributed by atoms with van der Waals surface area (Å²) in [6, 6.07) is 16.3. The summed E-state index contributed by atoms with van der Waals surface area (Å²) in [6.45, 7) is 1.45. The van der Waals surface area contributed by atoms with Gasteiger partial charge in [0.2, 0.25) is 5.91 Å². The molecule has 25 heavy (non-hydrogen) atoms. The van der Waals surface area contributed by atoms with Crippen LogP contribution >= 0.6 is 0 Å². The fourth-order valence-electron chi connectivity index (χ4n) is 3.65. The van der Waals surface area contributed by atoms with E-state index in [0.29, 0.717) is 13.0 Å². The van der Waals surface area contributed by atoms with Gasteiger partial charge in [-0.1, -0.05) is 42.5 Å². The van der Waals surface area contributed by atoms with E-state index in [1.165, 1.54) is 16.8 Å². The van der Waals surface area contributed by atoms with Gasteiger partial charge in [-0.3, -0.25) is 4.79 Å². The molecule has 1 aliphatic rings. The molecule has 3 aromatic rings. The van der Waals surface area contributed by atoms with Crippen molar-refractivity contribution in [3.63, 3.8) is 0 Å². The molecule has 0 saturated carbocycles. The van der Waals surface area contributed by atoms with Gasteiger partial charge in [0.15, 0.2) is 0 Å². The molecule has 0 radical (unpaired) electrons. The Kier molecular flexibility index (Phi) is 4.18. The predicted molar refractivity (Wildman–Crippen MR) is 98.7 cm³/mol. The van der Waals surface area contributed by atoms with Gasteiger partial charge >= 0.3 is 0 Å². The first-order valence-corrected chi connectivity index (χ1v) is 8.74. The van der Waals surface area contributed by atoms with E-state index in [4.69, 9.17) is 4.74 Å². The van der Waals surface area contributed by atoms with Gasteiger partial charge in [-0.25, -0.2) is 0 Å². The van der Waals surface area contributed by atoms with Crippen molar-refractivity contribution < 1.29 is 9.53 Å². The number of fused-ring (bicyclic) bond motifs is 3. The zero-order chi connectivity index (χ0) is 17.2. The molecule has 128 valence electrons. The van der Waals surface area contributed by atoms with Crippen molar-refractivity contribution >= 4 is 16.8 Å². The van der Waals surface area contributed by atoms with E-state index in [1.54, 1.807) is 7.11 Å². The van der Waals surface area contributed by atoms with Crippen LogP contribution in [-0.4, -0.2) is 29.4 Å². The van der Waals surface area contributed by atoms with Gasteiger partial charge in [0.25, 0.3) is 0 Å². The van der Waals surface area contributed by atoms with Crippen molar-refractivity contribution in [2.24, 2.45) is 0 Å². The number of methoxy groups -OCH3 is 1. The topological polar surface area (TPSA) is 45.3 Å². The molecule has 0 spiro atoms. The van der Waals surface area contributed by atoms with Crippen LogP contribution in [0.5, 0.6) is 5.75 Å². The number of aryl methyl sites for hydroxylation is 1. The van der Waals surface area contributed by atoms with Gasteiger partial charge < -0.3 is 14.6 Å². The highest BCUT2D eigenvalue weighted by Gasteiger charge is 2.24. The minimum Gasteiger partial charge on any atom is -0.495 e. The molecule has 2 aromatic carbocycles. The Morgan fingerprint density at radius 3 is 2.80 bits per heavy atom. The minimum absolute atomic E-state index is 0.228. The Bertz CT molecular complexity index is 899. The van der Waals surface area contributed by atoms with Crippen LogP contribution in [0.1, 0.15) is 23.2 Å². The molecule has 1 N–H and O–H groups in total. The highest BCUT2D eigenvalue weighted by molar-refractivity contribution is 5.90. The number of carbonyl (C=O) groups excluding carboxylic acids is 1. The summed E-state index contributed by atoms with van der Waals surface area (Å²) in [5.74, 6) is 1.08. The number of ether oxygens (including phenoxy) is 1. The maximum absolute atomic E-state index is 12.7. The molecule has 0 saturated heterocycles. The van der Waals surface area contributed by atoms with E-state index >= 15 is 0 Å². The van der Waals surface area contributed by atoms with Crippen molar-refractivity contribution in [1.29, 1.82) is 0 Å². The summed E-state index contributed by atoms with van der Waals surface area (Å²) >= 11 is 0. The van der Waals surface area contributed by atoms with Gasteiger partial charge in [0.1, 0.15) is 5.75 Å². The summed E-state index contributed by atoms with van der Waals surface area (Å²) < 4.78 is 5.46. The van der Waals surface area contributed by atoms with Crippen molar-refractivity contribution in [2.75, 3.05) is 13.7 Å². The van der Waals surface area contributed by atoms with Crippen LogP contribution < -0.4 is 4.74 Å². The first kappa shape index (κ1) is 15.8. The lowest BCUT2D eigenvalue weighted by molar-refractivity contribution is -0.132. The third-order valence-electron chi connectivity index (χ3n) is 5.02. The number of hydrogen-bond acceptors (Lipinski definition) is 2. The number of carbonyl (C=O) groups is 1. The zero-order valence-electron chi connectivity index (χ0n) is 14.4. The lowest BCUT2D eigenvalue weighted by Gasteiger charge is -2.27. The summed E-state index contributed by atoms with van der Waals surface area (Å²) in [7, 11) is 1.69. The van der Waals surface area contributed by atoms with E-state index < -0.39 is 0 Å². The van der Waals surface area contributed by atoms with Gasteiger partial charge in [0, 0.05) is 42.6 Å². The number of aromatic nitrogens is 1. The summed E-state index contributed by atoms with van der Waals surface area (Å²) in [5.41, 5.74) is 4.71. The predicted octanol–water partition coefficient (Wildman–Crippen LogP) is 3.69. The molecule has 0 unspecified atom stereocenters. The number of amides is 1. The summed E-state index contributed by atoms with van der Waals surface area (Å²) in [5, 5.41) is 1.16. The minimum atomic E-state index is 0.228. The first-order chi connectivity index (χ1) is 12.3. The fraction of sp³-hybridized carbons (Fsp3) is 0.286. The van der Waals surface area contributed by atoms with Crippen LogP contribution in [0.4, 0.5) is 0 Å². The number of benzene rings is 2. The molecule has 0 bridgehead atoms. The van der Waals surface area contributed by atoms with Crippen molar-refractivity contribution in [3.8, 4) is 5.75 Å². The van der Waals surface area contributed by atoms with E-state index in [0.717, 1.165) is 36.0 Å². The van der Waals surface area contributed by atoms with Crippen LogP contribution in [0.3, 0.4) is 0 Å². The Hall–Kier alpha value is -2.75. The van der Waals surface area contributed by atoms with Crippen molar-refractivity contribution in [2.45, 2.75) is 25.8 Å². The molecule has 2 heterocycles. The molecular weight excluding hydrogens is 312 g/mol. The maximum atomic E-state index is 12.7. The Balaban J connectivity index is 1.51. The molecule has 4 rings (SSSR count). The standard InChI is InChI=1S/C21H22N2O2/c1-25-19-9-5-8-16-17-14-23(13-12-18(17)22-21(16)19)20(24)11-10-15-6-3-2-4-7-15/h2-9,22H,10-14H2,1H3. The van der Waals surface area contributed by atoms with Crippen LogP contribution in [0.15, 0.2) is 48.5 Å². The summed E-state index contributed by atoms with van der Waals surface area (Å²) in [6.07, 6.45) is 2.22. The zero-order valence-corrected chi connectivity index (χ0v) is 14.4. The third kappa shape index (κ3) is 3.00. The van der Waals surface area contributed by atoms with E-state index in [2.05, 4.69) is 23.2 Å². The lowest BCUT2D eigenvalue weighted by atomic mass is 10.0. The quantitative estimate of drug-likeness (QED) is 0.791. The molecule has 1 aliphatic heterocycles. The molecule has 4 nitrogen and oxygen atoms in total. The van der Waals surface area contributed by atoms with Crippen LogP contribution in [0.2, 0.25) is 0 Å². The molecule has 0 aliphatic carbocycles. The molecule has 1 aromatic heterocycles. The van der Waals surface area contributed by atoms with E-state index in [9.17, 15) is 4.79 Å². The number of rotatable bonds is 4. The van der Waals surface area contributed by atoms with Crippen LogP contribution in [0.25, 0.3) is 10.9 Å². The number of nitrogens with zero attached hydrogens (tertiary/aromatic N) is 1. The highest BCUT2D eigenvalue weighted by Crippen LogP contribution is 2.32. The second-order valence-electron chi connectivity index (χ2n) is 6.52. The highest BCUT2D eigenvalue weighted by atomic mass is 16.5. The normalized spacial score (nSPS) is 13.7. The number of nitrogens with one attached hydrogen (secondary N) is 1. The number of H-pyrrole nitrogens is 1.